The molecule has 0 spiro atoms. The third kappa shape index (κ3) is 5.89. The van der Waals surface area contributed by atoms with Crippen LogP contribution in [-0.4, -0.2) is 51.5 Å². The van der Waals surface area contributed by atoms with Gasteiger partial charge in [0.1, 0.15) is 17.4 Å². The molecule has 0 N–H and O–H groups in total. The monoisotopic (exact) mass is 522 g/mol. The summed E-state index contributed by atoms with van der Waals surface area (Å²) in [7, 11) is 2.02. The maximum absolute atomic E-state index is 14.9. The number of carbonyl (C=O) groups is 1. The van der Waals surface area contributed by atoms with E-state index in [9.17, 15) is 9.18 Å². The van der Waals surface area contributed by atoms with E-state index < -0.39 is 5.82 Å². The van der Waals surface area contributed by atoms with Gasteiger partial charge in [-0.2, -0.15) is 0 Å². The molecule has 3 aromatic heterocycles. The van der Waals surface area contributed by atoms with Crippen molar-refractivity contribution in [2.24, 2.45) is 13.0 Å². The maximum atomic E-state index is 14.9. The van der Waals surface area contributed by atoms with Crippen LogP contribution in [0.5, 0.6) is 11.5 Å². The van der Waals surface area contributed by atoms with Gasteiger partial charge in [-0.1, -0.05) is 19.9 Å². The number of Topliss-reactive ketones (excluding diaryl/α,β-unsaturated/α-hetero) is 1. The number of ketones is 1. The Morgan fingerprint density at radius 1 is 1.16 bits per heavy atom. The smallest absolute Gasteiger partial charge is 0.166 e. The van der Waals surface area contributed by atoms with E-state index in [0.717, 1.165) is 59.5 Å². The summed E-state index contributed by atoms with van der Waals surface area (Å²) in [5, 5.41) is 0. The first-order valence-corrected chi connectivity index (χ1v) is 13.4. The zero-order valence-corrected chi connectivity index (χ0v) is 22.2. The summed E-state index contributed by atoms with van der Waals surface area (Å²) in [6.07, 6.45) is 4.29. The lowest BCUT2D eigenvalue weighted by molar-refractivity contribution is -0.119. The van der Waals surface area contributed by atoms with Crippen LogP contribution in [0.15, 0.2) is 42.7 Å². The van der Waals surface area contributed by atoms with Crippen molar-refractivity contribution in [1.82, 2.24) is 19.4 Å². The average molecular weight is 523 g/mol. The van der Waals surface area contributed by atoms with Gasteiger partial charge in [-0.05, 0) is 29.7 Å². The summed E-state index contributed by atoms with van der Waals surface area (Å²) in [5.41, 5.74) is 2.55. The molecule has 1 aliphatic rings. The Kier molecular flexibility index (Phi) is 7.64. The zero-order valence-electron chi connectivity index (χ0n) is 21.4. The molecule has 1 fully saturated rings. The SMILES string of the molecule is CC(C)CC(=O)Cc1ccc(Oc2ccnc3cc(-c4ncc(CN5CCOCC5)n4C)sc23)c(F)c1. The number of imidazole rings is 1. The molecule has 4 aromatic rings. The number of carbonyl (C=O) groups excluding carboxylic acids is 1. The highest BCUT2D eigenvalue weighted by Crippen LogP contribution is 2.39. The molecule has 0 saturated carbocycles. The number of benzene rings is 1. The van der Waals surface area contributed by atoms with E-state index in [1.807, 2.05) is 33.2 Å². The average Bonchev–Trinajstić information content (AvgIpc) is 3.45. The van der Waals surface area contributed by atoms with Gasteiger partial charge in [-0.3, -0.25) is 14.7 Å². The molecule has 0 unspecified atom stereocenters. The topological polar surface area (TPSA) is 69.5 Å². The van der Waals surface area contributed by atoms with Crippen molar-refractivity contribution in [2.45, 2.75) is 33.2 Å². The van der Waals surface area contributed by atoms with E-state index in [-0.39, 0.29) is 23.9 Å². The van der Waals surface area contributed by atoms with Gasteiger partial charge in [-0.15, -0.1) is 11.3 Å². The van der Waals surface area contributed by atoms with Crippen molar-refractivity contribution >= 4 is 27.3 Å². The van der Waals surface area contributed by atoms with E-state index in [4.69, 9.17) is 9.47 Å². The fourth-order valence-corrected chi connectivity index (χ4v) is 5.62. The van der Waals surface area contributed by atoms with Crippen LogP contribution in [-0.2, 0) is 29.5 Å². The van der Waals surface area contributed by atoms with Gasteiger partial charge in [0.05, 0.1) is 40.2 Å². The van der Waals surface area contributed by atoms with Crippen LogP contribution < -0.4 is 4.74 Å². The molecule has 7 nitrogen and oxygen atoms in total. The number of aromatic nitrogens is 3. The van der Waals surface area contributed by atoms with E-state index in [0.29, 0.717) is 17.7 Å². The number of halogens is 1. The summed E-state index contributed by atoms with van der Waals surface area (Å²) in [6, 6.07) is 8.46. The highest BCUT2D eigenvalue weighted by Gasteiger charge is 2.18. The lowest BCUT2D eigenvalue weighted by Gasteiger charge is -2.26. The Morgan fingerprint density at radius 3 is 2.73 bits per heavy atom. The van der Waals surface area contributed by atoms with E-state index in [1.165, 1.54) is 17.4 Å². The van der Waals surface area contributed by atoms with Crippen molar-refractivity contribution in [3.63, 3.8) is 0 Å². The number of pyridine rings is 1. The third-order valence-corrected chi connectivity index (χ3v) is 7.56. The van der Waals surface area contributed by atoms with Crippen LogP contribution in [0.2, 0.25) is 0 Å². The van der Waals surface area contributed by atoms with Crippen LogP contribution in [0.1, 0.15) is 31.5 Å². The third-order valence-electron chi connectivity index (χ3n) is 6.42. The molecule has 1 aromatic carbocycles. The van der Waals surface area contributed by atoms with Crippen molar-refractivity contribution in [1.29, 1.82) is 0 Å². The number of thiophene rings is 1. The zero-order chi connectivity index (χ0) is 25.9. The highest BCUT2D eigenvalue weighted by molar-refractivity contribution is 7.22. The molecular formula is C28H31FN4O3S. The predicted molar refractivity (Wildman–Crippen MR) is 143 cm³/mol. The minimum absolute atomic E-state index is 0.104. The fraction of sp³-hybridized carbons (Fsp3) is 0.393. The minimum atomic E-state index is -0.492. The quantitative estimate of drug-likeness (QED) is 0.284. The normalized spacial score (nSPS) is 14.5. The molecule has 1 saturated heterocycles. The molecular weight excluding hydrogens is 491 g/mol. The number of ether oxygens (including phenoxy) is 2. The first-order chi connectivity index (χ1) is 17.9. The lowest BCUT2D eigenvalue weighted by atomic mass is 10.0. The largest absolute Gasteiger partial charge is 0.453 e. The Balaban J connectivity index is 1.35. The lowest BCUT2D eigenvalue weighted by Crippen LogP contribution is -2.36. The predicted octanol–water partition coefficient (Wildman–Crippen LogP) is 5.62. The summed E-state index contributed by atoms with van der Waals surface area (Å²) < 4.78 is 29.3. The maximum Gasteiger partial charge on any atom is 0.166 e. The van der Waals surface area contributed by atoms with Crippen molar-refractivity contribution < 1.29 is 18.7 Å². The van der Waals surface area contributed by atoms with Gasteiger partial charge in [0.2, 0.25) is 0 Å². The van der Waals surface area contributed by atoms with E-state index in [2.05, 4.69) is 19.4 Å². The summed E-state index contributed by atoms with van der Waals surface area (Å²) in [4.78, 5) is 24.6. The van der Waals surface area contributed by atoms with E-state index in [1.54, 1.807) is 24.4 Å². The molecule has 5 rings (SSSR count). The molecule has 37 heavy (non-hydrogen) atoms. The second kappa shape index (κ2) is 11.1. The number of morpholine rings is 1. The number of fused-ring (bicyclic) bond motifs is 1. The molecule has 0 atom stereocenters. The number of hydrogen-bond acceptors (Lipinski definition) is 7. The molecule has 194 valence electrons. The van der Waals surface area contributed by atoms with Gasteiger partial charge in [0.25, 0.3) is 0 Å². The summed E-state index contributed by atoms with van der Waals surface area (Å²) in [6.45, 7) is 8.17. The number of hydrogen-bond donors (Lipinski definition) is 0. The van der Waals surface area contributed by atoms with Crippen molar-refractivity contribution in [3.05, 3.63) is 59.8 Å². The van der Waals surface area contributed by atoms with Crippen LogP contribution in [0.4, 0.5) is 4.39 Å². The van der Waals surface area contributed by atoms with Crippen LogP contribution >= 0.6 is 11.3 Å². The summed E-state index contributed by atoms with van der Waals surface area (Å²) >= 11 is 1.52. The molecule has 0 bridgehead atoms. The Hall–Kier alpha value is -3.14. The van der Waals surface area contributed by atoms with Crippen LogP contribution in [0.3, 0.4) is 0 Å². The molecule has 0 radical (unpaired) electrons. The first-order valence-electron chi connectivity index (χ1n) is 12.5. The molecule has 0 aliphatic carbocycles. The van der Waals surface area contributed by atoms with E-state index >= 15 is 0 Å². The first kappa shape index (κ1) is 25.5. The Bertz CT molecular complexity index is 1410. The standard InChI is InChI=1S/C28H31FN4O3S/c1-18(2)12-21(34)13-19-4-5-24(22(29)14-19)36-25-6-7-30-23-15-26(37-27(23)25)28-31-16-20(32(28)3)17-33-8-10-35-11-9-33/h4-7,14-16,18H,8-13,17H2,1-3H3. The number of rotatable bonds is 9. The van der Waals surface area contributed by atoms with Crippen molar-refractivity contribution in [3.8, 4) is 22.2 Å². The van der Waals surface area contributed by atoms with Gasteiger partial charge in [-0.25, -0.2) is 9.37 Å². The highest BCUT2D eigenvalue weighted by atomic mass is 32.1. The van der Waals surface area contributed by atoms with Gasteiger partial charge < -0.3 is 14.0 Å². The Labute approximate surface area is 219 Å². The van der Waals surface area contributed by atoms with Gasteiger partial charge >= 0.3 is 0 Å². The van der Waals surface area contributed by atoms with Crippen LogP contribution in [0, 0.1) is 11.7 Å². The van der Waals surface area contributed by atoms with Crippen molar-refractivity contribution in [2.75, 3.05) is 26.3 Å². The van der Waals surface area contributed by atoms with Gasteiger partial charge in [0.15, 0.2) is 11.6 Å². The van der Waals surface area contributed by atoms with Gasteiger partial charge in [0, 0.05) is 51.8 Å². The van der Waals surface area contributed by atoms with Crippen LogP contribution in [0.25, 0.3) is 20.9 Å². The molecule has 1 aliphatic heterocycles. The Morgan fingerprint density at radius 2 is 1.97 bits per heavy atom. The molecule has 0 amide bonds. The molecule has 9 heteroatoms. The number of nitrogens with zero attached hydrogens (tertiary/aromatic N) is 4. The second-order valence-electron chi connectivity index (χ2n) is 9.84. The second-order valence-corrected chi connectivity index (χ2v) is 10.9. The molecule has 4 heterocycles. The fourth-order valence-electron chi connectivity index (χ4n) is 4.53. The summed E-state index contributed by atoms with van der Waals surface area (Å²) in [5.74, 6) is 1.41. The minimum Gasteiger partial charge on any atom is -0.453 e.